The van der Waals surface area contributed by atoms with Gasteiger partial charge in [-0.1, -0.05) is 0 Å². The minimum atomic E-state index is -0.0619. The number of piperidine rings is 1. The Labute approximate surface area is 128 Å². The Balaban J connectivity index is 1.55. The van der Waals surface area contributed by atoms with Gasteiger partial charge in [-0.05, 0) is 19.8 Å². The van der Waals surface area contributed by atoms with Crippen molar-refractivity contribution in [1.29, 1.82) is 0 Å². The highest BCUT2D eigenvalue weighted by Crippen LogP contribution is 2.17. The number of aryl methyl sites for hydroxylation is 2. The first kappa shape index (κ1) is 14.5. The molecule has 1 amide bonds. The molecule has 1 aliphatic rings. The van der Waals surface area contributed by atoms with Gasteiger partial charge in [0, 0.05) is 37.8 Å². The van der Waals surface area contributed by atoms with Crippen molar-refractivity contribution in [2.24, 2.45) is 0 Å². The van der Waals surface area contributed by atoms with E-state index in [1.807, 2.05) is 17.9 Å². The first-order valence-corrected chi connectivity index (χ1v) is 7.38. The number of nitrogens with zero attached hydrogens (tertiary/aromatic N) is 4. The van der Waals surface area contributed by atoms with Gasteiger partial charge in [-0.2, -0.15) is 0 Å². The predicted molar refractivity (Wildman–Crippen MR) is 80.6 cm³/mol. The molecule has 1 aliphatic heterocycles. The lowest BCUT2D eigenvalue weighted by atomic mass is 10.0. The third-order valence-electron chi connectivity index (χ3n) is 3.78. The molecule has 0 aromatic carbocycles. The van der Waals surface area contributed by atoms with Gasteiger partial charge in [0.05, 0.1) is 0 Å². The van der Waals surface area contributed by atoms with Crippen LogP contribution in [0.1, 0.15) is 34.9 Å². The van der Waals surface area contributed by atoms with E-state index in [-0.39, 0.29) is 5.91 Å². The van der Waals surface area contributed by atoms with Gasteiger partial charge in [-0.15, -0.1) is 0 Å². The molecule has 7 heteroatoms. The summed E-state index contributed by atoms with van der Waals surface area (Å²) in [6.45, 7) is 5.07. The van der Waals surface area contributed by atoms with E-state index in [0.717, 1.165) is 24.4 Å². The molecule has 1 saturated heterocycles. The van der Waals surface area contributed by atoms with Crippen LogP contribution in [0.5, 0.6) is 0 Å². The summed E-state index contributed by atoms with van der Waals surface area (Å²) in [6.07, 6.45) is 4.74. The quantitative estimate of drug-likeness (QED) is 0.930. The molecule has 3 heterocycles. The lowest BCUT2D eigenvalue weighted by Gasteiger charge is -2.32. The Hall–Kier alpha value is -2.44. The number of carbonyl (C=O) groups is 1. The van der Waals surface area contributed by atoms with Gasteiger partial charge in [-0.25, -0.2) is 15.0 Å². The molecule has 0 unspecified atom stereocenters. The highest BCUT2D eigenvalue weighted by Gasteiger charge is 2.25. The minimum absolute atomic E-state index is 0.0619. The molecule has 116 valence electrons. The summed E-state index contributed by atoms with van der Waals surface area (Å²) in [5.74, 6) is 1.29. The number of amides is 1. The summed E-state index contributed by atoms with van der Waals surface area (Å²) < 4.78 is 5.10. The number of rotatable bonds is 3. The van der Waals surface area contributed by atoms with E-state index in [4.69, 9.17) is 4.42 Å². The molecule has 0 radical (unpaired) electrons. The van der Waals surface area contributed by atoms with Crippen LogP contribution in [0.15, 0.2) is 23.1 Å². The molecular weight excluding hydrogens is 282 g/mol. The van der Waals surface area contributed by atoms with Crippen LogP contribution in [0.2, 0.25) is 0 Å². The van der Waals surface area contributed by atoms with Crippen LogP contribution in [-0.4, -0.2) is 44.9 Å². The zero-order valence-electron chi connectivity index (χ0n) is 12.7. The lowest BCUT2D eigenvalue weighted by molar-refractivity contribution is 0.0712. The van der Waals surface area contributed by atoms with Gasteiger partial charge in [0.15, 0.2) is 11.6 Å². The van der Waals surface area contributed by atoms with Crippen molar-refractivity contribution in [2.75, 3.05) is 18.4 Å². The number of likely N-dealkylation sites (tertiary alicyclic amines) is 1. The first-order chi connectivity index (χ1) is 10.6. The summed E-state index contributed by atoms with van der Waals surface area (Å²) in [4.78, 5) is 26.5. The Bertz CT molecular complexity index is 661. The summed E-state index contributed by atoms with van der Waals surface area (Å²) in [7, 11) is 0. The molecule has 0 bridgehead atoms. The van der Waals surface area contributed by atoms with E-state index in [9.17, 15) is 4.79 Å². The lowest BCUT2D eigenvalue weighted by Crippen LogP contribution is -2.42. The van der Waals surface area contributed by atoms with Crippen LogP contribution in [0.3, 0.4) is 0 Å². The van der Waals surface area contributed by atoms with Crippen LogP contribution in [-0.2, 0) is 0 Å². The number of carbonyl (C=O) groups excluding carboxylic acids is 1. The molecule has 0 atom stereocenters. The third kappa shape index (κ3) is 3.24. The Morgan fingerprint density at radius 1 is 1.32 bits per heavy atom. The fourth-order valence-corrected chi connectivity index (χ4v) is 2.59. The van der Waals surface area contributed by atoms with E-state index < -0.39 is 0 Å². The maximum atomic E-state index is 12.3. The largest absolute Gasteiger partial charge is 0.448 e. The zero-order chi connectivity index (χ0) is 15.5. The molecule has 1 N–H and O–H groups in total. The topological polar surface area (TPSA) is 84.2 Å². The maximum Gasteiger partial charge on any atom is 0.275 e. The number of nitrogens with one attached hydrogen (secondary N) is 1. The van der Waals surface area contributed by atoms with Gasteiger partial charge in [0.1, 0.15) is 18.4 Å². The fourth-order valence-electron chi connectivity index (χ4n) is 2.59. The molecule has 0 saturated carbocycles. The zero-order valence-corrected chi connectivity index (χ0v) is 12.7. The van der Waals surface area contributed by atoms with Crippen molar-refractivity contribution in [1.82, 2.24) is 19.9 Å². The molecule has 0 spiro atoms. The Morgan fingerprint density at radius 2 is 2.09 bits per heavy atom. The van der Waals surface area contributed by atoms with Gasteiger partial charge in [0.2, 0.25) is 0 Å². The maximum absolute atomic E-state index is 12.3. The van der Waals surface area contributed by atoms with E-state index >= 15 is 0 Å². The number of oxazole rings is 1. The van der Waals surface area contributed by atoms with Crippen LogP contribution in [0, 0.1) is 13.8 Å². The van der Waals surface area contributed by atoms with Crippen molar-refractivity contribution >= 4 is 11.7 Å². The normalized spacial score (nSPS) is 15.8. The summed E-state index contributed by atoms with van der Waals surface area (Å²) in [6, 6.07) is 2.24. The third-order valence-corrected chi connectivity index (χ3v) is 3.78. The average Bonchev–Trinajstić information content (AvgIpc) is 2.94. The molecule has 1 fully saturated rings. The van der Waals surface area contributed by atoms with Crippen LogP contribution in [0.4, 0.5) is 5.82 Å². The monoisotopic (exact) mass is 301 g/mol. The van der Waals surface area contributed by atoms with Crippen molar-refractivity contribution in [3.8, 4) is 0 Å². The molecule has 3 rings (SSSR count). The van der Waals surface area contributed by atoms with E-state index in [1.54, 1.807) is 13.3 Å². The molecule has 7 nitrogen and oxygen atoms in total. The van der Waals surface area contributed by atoms with Gasteiger partial charge in [0.25, 0.3) is 5.91 Å². The first-order valence-electron chi connectivity index (χ1n) is 7.38. The van der Waals surface area contributed by atoms with Gasteiger partial charge >= 0.3 is 0 Å². The molecule has 2 aromatic heterocycles. The second kappa shape index (κ2) is 6.13. The van der Waals surface area contributed by atoms with Gasteiger partial charge < -0.3 is 14.6 Å². The molecule has 0 aliphatic carbocycles. The van der Waals surface area contributed by atoms with Crippen molar-refractivity contribution in [2.45, 2.75) is 32.7 Å². The molecular formula is C15H19N5O2. The summed E-state index contributed by atoms with van der Waals surface area (Å²) >= 11 is 0. The number of hydrogen-bond acceptors (Lipinski definition) is 6. The van der Waals surface area contributed by atoms with Gasteiger partial charge in [-0.3, -0.25) is 4.79 Å². The molecule has 2 aromatic rings. The second-order valence-electron chi connectivity index (χ2n) is 5.51. The van der Waals surface area contributed by atoms with Crippen molar-refractivity contribution < 1.29 is 9.21 Å². The highest BCUT2D eigenvalue weighted by molar-refractivity contribution is 5.92. The average molecular weight is 301 g/mol. The Morgan fingerprint density at radius 3 is 2.73 bits per heavy atom. The minimum Gasteiger partial charge on any atom is -0.448 e. The second-order valence-corrected chi connectivity index (χ2v) is 5.51. The SMILES string of the molecule is Cc1cc(NC2CCN(C(=O)c3coc(C)n3)CC2)ncn1. The smallest absolute Gasteiger partial charge is 0.275 e. The number of anilines is 1. The number of hydrogen-bond donors (Lipinski definition) is 1. The predicted octanol–water partition coefficient (Wildman–Crippen LogP) is 1.80. The van der Waals surface area contributed by atoms with Crippen molar-refractivity contribution in [3.05, 3.63) is 35.9 Å². The number of aromatic nitrogens is 3. The summed E-state index contributed by atoms with van der Waals surface area (Å²) in [5.41, 5.74) is 1.32. The van der Waals surface area contributed by atoms with Crippen molar-refractivity contribution in [3.63, 3.8) is 0 Å². The van der Waals surface area contributed by atoms with E-state index in [2.05, 4.69) is 20.3 Å². The Kier molecular flexibility index (Phi) is 4.04. The standard InChI is InChI=1S/C15H19N5O2/c1-10-7-14(17-9-16-10)19-12-3-5-20(6-4-12)15(21)13-8-22-11(2)18-13/h7-9,12H,3-6H2,1-2H3,(H,16,17,19). The van der Waals surface area contributed by atoms with E-state index in [0.29, 0.717) is 30.7 Å². The van der Waals surface area contributed by atoms with Crippen LogP contribution in [0.25, 0.3) is 0 Å². The summed E-state index contributed by atoms with van der Waals surface area (Å²) in [5, 5.41) is 3.40. The molecule has 22 heavy (non-hydrogen) atoms. The fraction of sp³-hybridized carbons (Fsp3) is 0.467. The van der Waals surface area contributed by atoms with Crippen LogP contribution < -0.4 is 5.32 Å². The van der Waals surface area contributed by atoms with E-state index in [1.165, 1.54) is 6.26 Å². The highest BCUT2D eigenvalue weighted by atomic mass is 16.3. The van der Waals surface area contributed by atoms with Crippen LogP contribution >= 0.6 is 0 Å².